The van der Waals surface area contributed by atoms with Gasteiger partial charge in [0, 0.05) is 45.7 Å². The summed E-state index contributed by atoms with van der Waals surface area (Å²) in [5, 5.41) is 6.06. The topological polar surface area (TPSA) is 44.4 Å². The first-order valence-corrected chi connectivity index (χ1v) is 6.49. The third kappa shape index (κ3) is 3.55. The minimum Gasteiger partial charge on any atom is -0.359 e. The van der Waals surface area contributed by atoms with Gasteiger partial charge in [0.25, 0.3) is 0 Å². The van der Waals surface area contributed by atoms with E-state index in [4.69, 9.17) is 0 Å². The van der Waals surface area contributed by atoms with E-state index in [1.807, 2.05) is 6.07 Å². The zero-order chi connectivity index (χ0) is 12.8. The minimum absolute atomic E-state index is 0.113. The Morgan fingerprint density at radius 1 is 1.44 bits per heavy atom. The highest BCUT2D eigenvalue weighted by molar-refractivity contribution is 5.76. The summed E-state index contributed by atoms with van der Waals surface area (Å²) in [6.45, 7) is 3.80. The van der Waals surface area contributed by atoms with E-state index in [2.05, 4.69) is 39.8 Å². The van der Waals surface area contributed by atoms with Gasteiger partial charge in [-0.05, 0) is 5.56 Å². The van der Waals surface area contributed by atoms with Gasteiger partial charge < -0.3 is 10.6 Å². The summed E-state index contributed by atoms with van der Waals surface area (Å²) < 4.78 is 0. The highest BCUT2D eigenvalue weighted by Crippen LogP contribution is 2.12. The van der Waals surface area contributed by atoms with E-state index < -0.39 is 0 Å². The summed E-state index contributed by atoms with van der Waals surface area (Å²) in [6.07, 6.45) is 0.566. The number of hydrogen-bond acceptors (Lipinski definition) is 3. The van der Waals surface area contributed by atoms with E-state index in [9.17, 15) is 4.79 Å². The van der Waals surface area contributed by atoms with Crippen molar-refractivity contribution in [1.82, 2.24) is 15.5 Å². The second kappa shape index (κ2) is 6.52. The molecule has 0 spiro atoms. The van der Waals surface area contributed by atoms with Crippen molar-refractivity contribution < 1.29 is 4.79 Å². The smallest absolute Gasteiger partial charge is 0.221 e. The molecule has 0 aromatic heterocycles. The van der Waals surface area contributed by atoms with Crippen LogP contribution in [-0.2, 0) is 11.3 Å². The molecule has 4 nitrogen and oxygen atoms in total. The average Bonchev–Trinajstić information content (AvgIpc) is 2.42. The molecule has 1 fully saturated rings. The maximum Gasteiger partial charge on any atom is 0.221 e. The van der Waals surface area contributed by atoms with Gasteiger partial charge in [0.15, 0.2) is 0 Å². The molecule has 1 atom stereocenters. The fraction of sp³-hybridized carbons (Fsp3) is 0.500. The first-order valence-electron chi connectivity index (χ1n) is 6.49. The van der Waals surface area contributed by atoms with E-state index >= 15 is 0 Å². The van der Waals surface area contributed by atoms with E-state index in [1.54, 1.807) is 7.05 Å². The van der Waals surface area contributed by atoms with Crippen molar-refractivity contribution in [2.75, 3.05) is 26.7 Å². The molecule has 2 rings (SSSR count). The molecule has 1 aliphatic rings. The van der Waals surface area contributed by atoms with Gasteiger partial charge in [-0.3, -0.25) is 9.69 Å². The second-order valence-corrected chi connectivity index (χ2v) is 4.69. The number of nitrogens with zero attached hydrogens (tertiary/aromatic N) is 1. The lowest BCUT2D eigenvalue weighted by Crippen LogP contribution is -2.52. The molecule has 1 saturated heterocycles. The predicted octanol–water partition coefficient (Wildman–Crippen LogP) is 0.597. The molecule has 18 heavy (non-hydrogen) atoms. The van der Waals surface area contributed by atoms with Gasteiger partial charge in [0.1, 0.15) is 0 Å². The molecular formula is C14H21N3O. The van der Waals surface area contributed by atoms with Crippen LogP contribution in [0.2, 0.25) is 0 Å². The van der Waals surface area contributed by atoms with E-state index in [-0.39, 0.29) is 5.91 Å². The molecule has 1 unspecified atom stereocenters. The van der Waals surface area contributed by atoms with Gasteiger partial charge in [-0.15, -0.1) is 0 Å². The lowest BCUT2D eigenvalue weighted by Gasteiger charge is -2.35. The van der Waals surface area contributed by atoms with Gasteiger partial charge in [-0.1, -0.05) is 30.3 Å². The molecule has 0 aliphatic carbocycles. The van der Waals surface area contributed by atoms with Crippen molar-refractivity contribution in [2.24, 2.45) is 0 Å². The Kier molecular flexibility index (Phi) is 4.73. The number of rotatable bonds is 4. The number of piperazine rings is 1. The Balaban J connectivity index is 1.97. The zero-order valence-corrected chi connectivity index (χ0v) is 10.9. The SMILES string of the molecule is CNC(=O)CC1CNCCN1Cc1ccccc1. The standard InChI is InChI=1S/C14H21N3O/c1-15-14(18)9-13-10-16-7-8-17(13)11-12-5-3-2-4-6-12/h2-6,13,16H,7-11H2,1H3,(H,15,18). The molecule has 1 aliphatic heterocycles. The molecule has 0 radical (unpaired) electrons. The van der Waals surface area contributed by atoms with E-state index in [0.29, 0.717) is 12.5 Å². The molecule has 1 heterocycles. The van der Waals surface area contributed by atoms with Crippen molar-refractivity contribution in [3.63, 3.8) is 0 Å². The van der Waals surface area contributed by atoms with Crippen LogP contribution in [0.5, 0.6) is 0 Å². The summed E-state index contributed by atoms with van der Waals surface area (Å²) >= 11 is 0. The lowest BCUT2D eigenvalue weighted by molar-refractivity contribution is -0.122. The first-order chi connectivity index (χ1) is 8.79. The monoisotopic (exact) mass is 247 g/mol. The Morgan fingerprint density at radius 3 is 2.94 bits per heavy atom. The normalized spacial score (nSPS) is 20.6. The number of amides is 1. The number of benzene rings is 1. The molecule has 4 heteroatoms. The Labute approximate surface area is 108 Å². The Morgan fingerprint density at radius 2 is 2.22 bits per heavy atom. The number of nitrogens with one attached hydrogen (secondary N) is 2. The summed E-state index contributed by atoms with van der Waals surface area (Å²) in [4.78, 5) is 13.9. The van der Waals surface area contributed by atoms with Gasteiger partial charge in [-0.2, -0.15) is 0 Å². The van der Waals surface area contributed by atoms with Crippen LogP contribution in [0.3, 0.4) is 0 Å². The molecular weight excluding hydrogens is 226 g/mol. The highest BCUT2D eigenvalue weighted by Gasteiger charge is 2.23. The molecule has 1 amide bonds. The van der Waals surface area contributed by atoms with Crippen LogP contribution in [-0.4, -0.2) is 43.5 Å². The predicted molar refractivity (Wildman–Crippen MR) is 72.2 cm³/mol. The van der Waals surface area contributed by atoms with Crippen LogP contribution in [0, 0.1) is 0 Å². The number of carbonyl (C=O) groups excluding carboxylic acids is 1. The van der Waals surface area contributed by atoms with Gasteiger partial charge in [0.05, 0.1) is 0 Å². The van der Waals surface area contributed by atoms with Crippen LogP contribution in [0.4, 0.5) is 0 Å². The Bertz CT molecular complexity index is 380. The maximum atomic E-state index is 11.5. The molecule has 1 aromatic rings. The maximum absolute atomic E-state index is 11.5. The second-order valence-electron chi connectivity index (χ2n) is 4.69. The summed E-state index contributed by atoms with van der Waals surface area (Å²) in [7, 11) is 1.69. The zero-order valence-electron chi connectivity index (χ0n) is 10.9. The van der Waals surface area contributed by atoms with Crippen LogP contribution in [0.1, 0.15) is 12.0 Å². The fourth-order valence-corrected chi connectivity index (χ4v) is 2.35. The van der Waals surface area contributed by atoms with Gasteiger partial charge in [0.2, 0.25) is 5.91 Å². The van der Waals surface area contributed by atoms with Crippen LogP contribution in [0.15, 0.2) is 30.3 Å². The minimum atomic E-state index is 0.113. The molecule has 0 saturated carbocycles. The van der Waals surface area contributed by atoms with Crippen molar-refractivity contribution in [1.29, 1.82) is 0 Å². The van der Waals surface area contributed by atoms with Crippen molar-refractivity contribution in [3.05, 3.63) is 35.9 Å². The van der Waals surface area contributed by atoms with Crippen molar-refractivity contribution >= 4 is 5.91 Å². The average molecular weight is 247 g/mol. The van der Waals surface area contributed by atoms with E-state index in [0.717, 1.165) is 26.2 Å². The number of hydrogen-bond donors (Lipinski definition) is 2. The lowest BCUT2D eigenvalue weighted by atomic mass is 10.1. The largest absolute Gasteiger partial charge is 0.359 e. The molecule has 1 aromatic carbocycles. The third-order valence-corrected chi connectivity index (χ3v) is 3.40. The molecule has 98 valence electrons. The quantitative estimate of drug-likeness (QED) is 0.819. The number of carbonyl (C=O) groups is 1. The fourth-order valence-electron chi connectivity index (χ4n) is 2.35. The van der Waals surface area contributed by atoms with Gasteiger partial charge in [-0.25, -0.2) is 0 Å². The summed E-state index contributed by atoms with van der Waals surface area (Å²) in [6, 6.07) is 10.7. The summed E-state index contributed by atoms with van der Waals surface area (Å²) in [5.41, 5.74) is 1.31. The van der Waals surface area contributed by atoms with Crippen LogP contribution < -0.4 is 10.6 Å². The van der Waals surface area contributed by atoms with Crippen LogP contribution >= 0.6 is 0 Å². The van der Waals surface area contributed by atoms with Crippen LogP contribution in [0.25, 0.3) is 0 Å². The van der Waals surface area contributed by atoms with Crippen molar-refractivity contribution in [3.8, 4) is 0 Å². The first kappa shape index (κ1) is 13.1. The highest BCUT2D eigenvalue weighted by atomic mass is 16.1. The summed E-state index contributed by atoms with van der Waals surface area (Å²) in [5.74, 6) is 0.113. The van der Waals surface area contributed by atoms with Crippen molar-refractivity contribution in [2.45, 2.75) is 19.0 Å². The van der Waals surface area contributed by atoms with Gasteiger partial charge >= 0.3 is 0 Å². The molecule has 0 bridgehead atoms. The molecule has 2 N–H and O–H groups in total. The third-order valence-electron chi connectivity index (χ3n) is 3.40. The Hall–Kier alpha value is -1.39. The van der Waals surface area contributed by atoms with E-state index in [1.165, 1.54) is 5.56 Å².